The average Bonchev–Trinajstić information content (AvgIpc) is 3.24. The van der Waals surface area contributed by atoms with Crippen LogP contribution in [-0.4, -0.2) is 39.4 Å². The lowest BCUT2D eigenvalue weighted by Crippen LogP contribution is -2.38. The van der Waals surface area contributed by atoms with Crippen molar-refractivity contribution in [2.45, 2.75) is 39.8 Å². The van der Waals surface area contributed by atoms with Gasteiger partial charge in [-0.15, -0.1) is 24.0 Å². The van der Waals surface area contributed by atoms with E-state index in [1.54, 1.807) is 7.05 Å². The van der Waals surface area contributed by atoms with Crippen molar-refractivity contribution in [1.29, 1.82) is 0 Å². The van der Waals surface area contributed by atoms with Gasteiger partial charge in [0.05, 0.1) is 17.2 Å². The molecule has 2 N–H and O–H groups in total. The molecule has 144 valence electrons. The number of hydrogen-bond acceptors (Lipinski definition) is 6. The Labute approximate surface area is 168 Å². The van der Waals surface area contributed by atoms with Crippen LogP contribution < -0.4 is 10.6 Å². The van der Waals surface area contributed by atoms with Crippen LogP contribution in [0.4, 0.5) is 5.69 Å². The highest BCUT2D eigenvalue weighted by Crippen LogP contribution is 2.15. The second-order valence-corrected chi connectivity index (χ2v) is 5.31. The highest BCUT2D eigenvalue weighted by Gasteiger charge is 2.13. The molecule has 0 aliphatic heterocycles. The molecule has 0 unspecified atom stereocenters. The van der Waals surface area contributed by atoms with Crippen LogP contribution in [0.25, 0.3) is 0 Å². The molecule has 0 amide bonds. The third-order valence-corrected chi connectivity index (χ3v) is 3.73. The lowest BCUT2D eigenvalue weighted by molar-refractivity contribution is -0.385. The van der Waals surface area contributed by atoms with E-state index in [0.717, 1.165) is 29.9 Å². The molecule has 0 saturated heterocycles. The van der Waals surface area contributed by atoms with E-state index in [9.17, 15) is 10.1 Å². The summed E-state index contributed by atoms with van der Waals surface area (Å²) in [6.45, 7) is 5.66. The second-order valence-electron chi connectivity index (χ2n) is 5.31. The smallest absolute Gasteiger partial charge is 0.306 e. The zero-order valence-corrected chi connectivity index (χ0v) is 17.4. The van der Waals surface area contributed by atoms with E-state index in [1.807, 2.05) is 13.8 Å². The monoisotopic (exact) mass is 477 g/mol. The maximum absolute atomic E-state index is 10.6. The largest absolute Gasteiger partial charge is 0.361 e. The molecule has 2 aromatic heterocycles. The highest BCUT2D eigenvalue weighted by molar-refractivity contribution is 14.0. The second kappa shape index (κ2) is 10.7. The number of aryl methyl sites for hydroxylation is 2. The quantitative estimate of drug-likeness (QED) is 0.196. The molecule has 0 fully saturated rings. The summed E-state index contributed by atoms with van der Waals surface area (Å²) in [5.74, 6) is 1.51. The maximum atomic E-state index is 10.6. The number of aliphatic imine (C=N–C) groups is 1. The van der Waals surface area contributed by atoms with Crippen molar-refractivity contribution in [3.63, 3.8) is 0 Å². The molecule has 11 heteroatoms. The van der Waals surface area contributed by atoms with E-state index in [0.29, 0.717) is 25.6 Å². The zero-order chi connectivity index (χ0) is 18.2. The lowest BCUT2D eigenvalue weighted by atomic mass is 10.1. The highest BCUT2D eigenvalue weighted by atomic mass is 127. The summed E-state index contributed by atoms with van der Waals surface area (Å²) in [6, 6.07) is 0. The summed E-state index contributed by atoms with van der Waals surface area (Å²) in [7, 11) is 1.68. The normalized spacial score (nSPS) is 11.1. The molecule has 0 aliphatic rings. The van der Waals surface area contributed by atoms with Crippen LogP contribution in [-0.2, 0) is 25.9 Å². The Hall–Kier alpha value is -2.18. The van der Waals surface area contributed by atoms with Crippen molar-refractivity contribution in [2.75, 3.05) is 13.6 Å². The first kappa shape index (κ1) is 21.9. The Balaban J connectivity index is 0.00000338. The van der Waals surface area contributed by atoms with Gasteiger partial charge in [-0.1, -0.05) is 19.0 Å². The van der Waals surface area contributed by atoms with Gasteiger partial charge >= 0.3 is 5.69 Å². The number of guanidine groups is 1. The van der Waals surface area contributed by atoms with Crippen molar-refractivity contribution in [3.8, 4) is 0 Å². The fraction of sp³-hybridized carbons (Fsp3) is 0.533. The Morgan fingerprint density at radius 3 is 2.73 bits per heavy atom. The van der Waals surface area contributed by atoms with E-state index >= 15 is 0 Å². The Morgan fingerprint density at radius 2 is 2.15 bits per heavy atom. The summed E-state index contributed by atoms with van der Waals surface area (Å²) < 4.78 is 6.86. The number of halogens is 1. The van der Waals surface area contributed by atoms with Crippen molar-refractivity contribution in [2.24, 2.45) is 4.99 Å². The van der Waals surface area contributed by atoms with Crippen molar-refractivity contribution in [1.82, 2.24) is 25.6 Å². The molecule has 0 aromatic carbocycles. The van der Waals surface area contributed by atoms with Gasteiger partial charge < -0.3 is 15.2 Å². The van der Waals surface area contributed by atoms with Crippen LogP contribution in [0.5, 0.6) is 0 Å². The van der Waals surface area contributed by atoms with Gasteiger partial charge in [0, 0.05) is 32.1 Å². The van der Waals surface area contributed by atoms with Crippen LogP contribution in [0.1, 0.15) is 30.9 Å². The first-order valence-corrected chi connectivity index (χ1v) is 8.16. The van der Waals surface area contributed by atoms with Crippen LogP contribution in [0, 0.1) is 10.1 Å². The molecular formula is C15H24IN7O3. The van der Waals surface area contributed by atoms with Gasteiger partial charge in [-0.05, 0) is 6.42 Å². The zero-order valence-electron chi connectivity index (χ0n) is 15.1. The fourth-order valence-electron chi connectivity index (χ4n) is 2.39. The molecular weight excluding hydrogens is 453 g/mol. The molecule has 26 heavy (non-hydrogen) atoms. The lowest BCUT2D eigenvalue weighted by Gasteiger charge is -2.12. The first-order valence-electron chi connectivity index (χ1n) is 8.16. The van der Waals surface area contributed by atoms with Crippen LogP contribution in [0.3, 0.4) is 0 Å². The van der Waals surface area contributed by atoms with Gasteiger partial charge in [-0.3, -0.25) is 19.8 Å². The average molecular weight is 477 g/mol. The molecule has 2 heterocycles. The number of rotatable bonds is 8. The Morgan fingerprint density at radius 1 is 1.38 bits per heavy atom. The number of nitro groups is 1. The van der Waals surface area contributed by atoms with Gasteiger partial charge in [-0.2, -0.15) is 5.10 Å². The van der Waals surface area contributed by atoms with Gasteiger partial charge in [0.15, 0.2) is 5.96 Å². The van der Waals surface area contributed by atoms with Crippen LogP contribution >= 0.6 is 24.0 Å². The molecule has 0 atom stereocenters. The predicted molar refractivity (Wildman–Crippen MR) is 108 cm³/mol. The summed E-state index contributed by atoms with van der Waals surface area (Å²) >= 11 is 0. The Bertz CT molecular complexity index is 720. The minimum atomic E-state index is -0.465. The van der Waals surface area contributed by atoms with E-state index in [-0.39, 0.29) is 29.7 Å². The summed E-state index contributed by atoms with van der Waals surface area (Å²) in [4.78, 5) is 14.3. The topological polar surface area (TPSA) is 123 Å². The maximum Gasteiger partial charge on any atom is 0.306 e. The van der Waals surface area contributed by atoms with Crippen LogP contribution in [0.15, 0.2) is 21.9 Å². The minimum absolute atomic E-state index is 0. The fourth-order valence-corrected chi connectivity index (χ4v) is 2.39. The molecule has 0 spiro atoms. The van der Waals surface area contributed by atoms with E-state index in [4.69, 9.17) is 4.52 Å². The number of nitrogens with zero attached hydrogens (tertiary/aromatic N) is 5. The molecule has 0 aliphatic carbocycles. The van der Waals surface area contributed by atoms with E-state index in [2.05, 4.69) is 25.9 Å². The molecule has 10 nitrogen and oxygen atoms in total. The molecule has 2 rings (SSSR count). The SMILES string of the molecule is CCc1noc(CC)c1CNC(=NC)NCCn1cc([N+](=O)[O-])cn1.I. The summed E-state index contributed by atoms with van der Waals surface area (Å²) in [6.07, 6.45) is 4.23. The third-order valence-electron chi connectivity index (χ3n) is 3.73. The van der Waals surface area contributed by atoms with E-state index < -0.39 is 4.92 Å². The van der Waals surface area contributed by atoms with E-state index in [1.165, 1.54) is 17.1 Å². The third kappa shape index (κ3) is 5.68. The molecule has 0 radical (unpaired) electrons. The molecule has 0 bridgehead atoms. The number of aromatic nitrogens is 3. The minimum Gasteiger partial charge on any atom is -0.361 e. The van der Waals surface area contributed by atoms with Gasteiger partial charge in [0.2, 0.25) is 0 Å². The van der Waals surface area contributed by atoms with Gasteiger partial charge in [0.1, 0.15) is 18.2 Å². The predicted octanol–water partition coefficient (Wildman–Crippen LogP) is 1.89. The van der Waals surface area contributed by atoms with Gasteiger partial charge in [-0.25, -0.2) is 0 Å². The molecule has 0 saturated carbocycles. The van der Waals surface area contributed by atoms with Crippen molar-refractivity contribution in [3.05, 3.63) is 39.5 Å². The van der Waals surface area contributed by atoms with Crippen LogP contribution in [0.2, 0.25) is 0 Å². The van der Waals surface area contributed by atoms with Gasteiger partial charge in [0.25, 0.3) is 0 Å². The van der Waals surface area contributed by atoms with Crippen molar-refractivity contribution < 1.29 is 9.45 Å². The van der Waals surface area contributed by atoms with Crippen molar-refractivity contribution >= 4 is 35.6 Å². The number of hydrogen-bond donors (Lipinski definition) is 2. The summed E-state index contributed by atoms with van der Waals surface area (Å²) in [5, 5.41) is 25.1. The summed E-state index contributed by atoms with van der Waals surface area (Å²) in [5.41, 5.74) is 1.99. The standard InChI is InChI=1S/C15H23N7O3.HI/c1-4-13-12(14(5-2)25-20-13)9-18-15(16-3)17-6-7-21-10-11(8-19-21)22(23)24;/h8,10H,4-7,9H2,1-3H3,(H2,16,17,18);1H. The number of nitrogens with one attached hydrogen (secondary N) is 2. The molecule has 2 aromatic rings. The first-order chi connectivity index (χ1) is 12.1. The Kier molecular flexibility index (Phi) is 9.02.